The molecule has 0 fully saturated rings. The molecule has 0 aliphatic heterocycles. The van der Waals surface area contributed by atoms with Gasteiger partial charge < -0.3 is 9.84 Å². The lowest BCUT2D eigenvalue weighted by molar-refractivity contribution is 0.198. The van der Waals surface area contributed by atoms with Gasteiger partial charge in [0.25, 0.3) is 0 Å². The summed E-state index contributed by atoms with van der Waals surface area (Å²) in [5.41, 5.74) is 0.805. The first-order valence-corrected chi connectivity index (χ1v) is 5.76. The highest BCUT2D eigenvalue weighted by atomic mass is 19.1. The van der Waals surface area contributed by atoms with E-state index in [2.05, 4.69) is 0 Å². The highest BCUT2D eigenvalue weighted by molar-refractivity contribution is 5.45. The van der Waals surface area contributed by atoms with Crippen molar-refractivity contribution in [3.8, 4) is 17.6 Å². The molecule has 2 aromatic carbocycles. The van der Waals surface area contributed by atoms with E-state index in [4.69, 9.17) is 10.00 Å². The van der Waals surface area contributed by atoms with Crippen LogP contribution in [-0.2, 0) is 0 Å². The molecule has 4 heteroatoms. The van der Waals surface area contributed by atoms with Crippen LogP contribution < -0.4 is 4.74 Å². The van der Waals surface area contributed by atoms with E-state index in [1.165, 1.54) is 12.1 Å². The third-order valence-corrected chi connectivity index (χ3v) is 2.67. The molecule has 0 saturated heterocycles. The maximum Gasteiger partial charge on any atom is 0.166 e. The van der Waals surface area contributed by atoms with Gasteiger partial charge in [0.05, 0.1) is 11.7 Å². The predicted molar refractivity (Wildman–Crippen MR) is 68.3 cm³/mol. The number of rotatable bonds is 3. The van der Waals surface area contributed by atoms with Crippen molar-refractivity contribution in [1.29, 1.82) is 5.26 Å². The Bertz CT molecular complexity index is 632. The van der Waals surface area contributed by atoms with E-state index in [0.29, 0.717) is 16.9 Å². The molecule has 0 saturated carbocycles. The second kappa shape index (κ2) is 5.51. The van der Waals surface area contributed by atoms with Crippen LogP contribution in [0, 0.1) is 17.1 Å². The standard InChI is InChI=1S/C15H12FNO2/c1-10(18)11-6-7-15(13(16)8-11)19-14-5-3-2-4-12(14)9-17/h2-8,10,18H,1H3/t10-/m0/s1. The average Bonchev–Trinajstić information content (AvgIpc) is 2.41. The Kier molecular flexibility index (Phi) is 3.79. The number of hydrogen-bond donors (Lipinski definition) is 1. The molecule has 1 N–H and O–H groups in total. The minimum Gasteiger partial charge on any atom is -0.453 e. The van der Waals surface area contributed by atoms with E-state index in [1.807, 2.05) is 6.07 Å². The van der Waals surface area contributed by atoms with E-state index >= 15 is 0 Å². The summed E-state index contributed by atoms with van der Waals surface area (Å²) in [5.74, 6) is -0.257. The number of nitrogens with zero attached hydrogens (tertiary/aromatic N) is 1. The molecule has 2 aromatic rings. The van der Waals surface area contributed by atoms with E-state index in [9.17, 15) is 9.50 Å². The van der Waals surface area contributed by atoms with Crippen LogP contribution in [0.25, 0.3) is 0 Å². The third-order valence-electron chi connectivity index (χ3n) is 2.67. The number of halogens is 1. The Balaban J connectivity index is 2.32. The molecule has 0 aromatic heterocycles. The number of aliphatic hydroxyl groups excluding tert-OH is 1. The zero-order chi connectivity index (χ0) is 13.8. The molecule has 0 heterocycles. The van der Waals surface area contributed by atoms with E-state index in [1.54, 1.807) is 37.3 Å². The van der Waals surface area contributed by atoms with Crippen LogP contribution >= 0.6 is 0 Å². The summed E-state index contributed by atoms with van der Waals surface area (Å²) >= 11 is 0. The van der Waals surface area contributed by atoms with Gasteiger partial charge in [-0.05, 0) is 36.8 Å². The molecule has 0 unspecified atom stereocenters. The zero-order valence-corrected chi connectivity index (χ0v) is 10.3. The summed E-state index contributed by atoms with van der Waals surface area (Å²) in [7, 11) is 0. The van der Waals surface area contributed by atoms with Crippen molar-refractivity contribution in [2.75, 3.05) is 0 Å². The molecular formula is C15H12FNO2. The van der Waals surface area contributed by atoms with Crippen LogP contribution in [-0.4, -0.2) is 5.11 Å². The van der Waals surface area contributed by atoms with Crippen molar-refractivity contribution >= 4 is 0 Å². The third kappa shape index (κ3) is 2.90. The lowest BCUT2D eigenvalue weighted by atomic mass is 10.1. The minimum absolute atomic E-state index is 0.0205. The molecule has 0 radical (unpaired) electrons. The lowest BCUT2D eigenvalue weighted by Gasteiger charge is -2.10. The van der Waals surface area contributed by atoms with Gasteiger partial charge in [0.1, 0.15) is 11.8 Å². The normalized spacial score (nSPS) is 11.7. The molecule has 0 spiro atoms. The quantitative estimate of drug-likeness (QED) is 0.914. The first-order valence-electron chi connectivity index (χ1n) is 5.76. The Morgan fingerprint density at radius 3 is 2.58 bits per heavy atom. The molecule has 0 aliphatic carbocycles. The average molecular weight is 257 g/mol. The van der Waals surface area contributed by atoms with Gasteiger partial charge in [-0.3, -0.25) is 0 Å². The smallest absolute Gasteiger partial charge is 0.166 e. The molecule has 0 amide bonds. The fourth-order valence-electron chi connectivity index (χ4n) is 1.63. The fraction of sp³-hybridized carbons (Fsp3) is 0.133. The van der Waals surface area contributed by atoms with Crippen LogP contribution in [0.4, 0.5) is 4.39 Å². The first kappa shape index (κ1) is 13.1. The number of ether oxygens (including phenoxy) is 1. The number of para-hydroxylation sites is 1. The fourth-order valence-corrected chi connectivity index (χ4v) is 1.63. The molecule has 96 valence electrons. The second-order valence-corrected chi connectivity index (χ2v) is 4.08. The second-order valence-electron chi connectivity index (χ2n) is 4.08. The zero-order valence-electron chi connectivity index (χ0n) is 10.3. The Hall–Kier alpha value is -2.38. The molecule has 3 nitrogen and oxygen atoms in total. The number of hydrogen-bond acceptors (Lipinski definition) is 3. The van der Waals surface area contributed by atoms with Crippen molar-refractivity contribution in [1.82, 2.24) is 0 Å². The highest BCUT2D eigenvalue weighted by Crippen LogP contribution is 2.28. The predicted octanol–water partition coefficient (Wildman–Crippen LogP) is 3.54. The summed E-state index contributed by atoms with van der Waals surface area (Å²) in [5, 5.41) is 18.3. The lowest BCUT2D eigenvalue weighted by Crippen LogP contribution is -1.95. The van der Waals surface area contributed by atoms with Crippen LogP contribution in [0.15, 0.2) is 42.5 Å². The van der Waals surface area contributed by atoms with E-state index in [-0.39, 0.29) is 5.75 Å². The minimum atomic E-state index is -0.741. The molecule has 2 rings (SSSR count). The maximum absolute atomic E-state index is 13.8. The Morgan fingerprint density at radius 1 is 1.21 bits per heavy atom. The maximum atomic E-state index is 13.8. The van der Waals surface area contributed by atoms with Crippen molar-refractivity contribution in [3.05, 3.63) is 59.4 Å². The topological polar surface area (TPSA) is 53.2 Å². The summed E-state index contributed by atoms with van der Waals surface area (Å²) in [6.07, 6.45) is -0.741. The van der Waals surface area contributed by atoms with Crippen LogP contribution in [0.3, 0.4) is 0 Å². The van der Waals surface area contributed by atoms with Gasteiger partial charge in [-0.15, -0.1) is 0 Å². The van der Waals surface area contributed by atoms with Crippen molar-refractivity contribution in [2.45, 2.75) is 13.0 Å². The van der Waals surface area contributed by atoms with Gasteiger partial charge in [0, 0.05) is 0 Å². The Morgan fingerprint density at radius 2 is 1.95 bits per heavy atom. The van der Waals surface area contributed by atoms with Gasteiger partial charge in [0.15, 0.2) is 11.6 Å². The highest BCUT2D eigenvalue weighted by Gasteiger charge is 2.10. The largest absolute Gasteiger partial charge is 0.453 e. The van der Waals surface area contributed by atoms with Crippen molar-refractivity contribution < 1.29 is 14.2 Å². The molecule has 1 atom stereocenters. The number of benzene rings is 2. The first-order chi connectivity index (χ1) is 9.11. The summed E-state index contributed by atoms with van der Waals surface area (Å²) in [6, 6.07) is 12.8. The molecular weight excluding hydrogens is 245 g/mol. The summed E-state index contributed by atoms with van der Waals surface area (Å²) in [4.78, 5) is 0. The summed E-state index contributed by atoms with van der Waals surface area (Å²) in [6.45, 7) is 1.56. The molecule has 0 bridgehead atoms. The summed E-state index contributed by atoms with van der Waals surface area (Å²) < 4.78 is 19.2. The Labute approximate surface area is 110 Å². The van der Waals surface area contributed by atoms with Gasteiger partial charge >= 0.3 is 0 Å². The van der Waals surface area contributed by atoms with Crippen LogP contribution in [0.1, 0.15) is 24.2 Å². The number of aliphatic hydroxyl groups is 1. The van der Waals surface area contributed by atoms with Crippen LogP contribution in [0.2, 0.25) is 0 Å². The van der Waals surface area contributed by atoms with E-state index in [0.717, 1.165) is 0 Å². The van der Waals surface area contributed by atoms with Gasteiger partial charge in [0.2, 0.25) is 0 Å². The monoisotopic (exact) mass is 257 g/mol. The molecule has 0 aliphatic rings. The molecule has 19 heavy (non-hydrogen) atoms. The van der Waals surface area contributed by atoms with Crippen LogP contribution in [0.5, 0.6) is 11.5 Å². The van der Waals surface area contributed by atoms with Crippen molar-refractivity contribution in [3.63, 3.8) is 0 Å². The van der Waals surface area contributed by atoms with Gasteiger partial charge in [-0.2, -0.15) is 5.26 Å². The van der Waals surface area contributed by atoms with Gasteiger partial charge in [-0.25, -0.2) is 4.39 Å². The number of nitriles is 1. The van der Waals surface area contributed by atoms with E-state index < -0.39 is 11.9 Å². The van der Waals surface area contributed by atoms with Crippen molar-refractivity contribution in [2.24, 2.45) is 0 Å². The SMILES string of the molecule is C[C@H](O)c1ccc(Oc2ccccc2C#N)c(F)c1. The van der Waals surface area contributed by atoms with Gasteiger partial charge in [-0.1, -0.05) is 18.2 Å².